The van der Waals surface area contributed by atoms with Crippen LogP contribution >= 0.6 is 42.9 Å². The zero-order valence-electron chi connectivity index (χ0n) is 13.7. The van der Waals surface area contributed by atoms with Gasteiger partial charge in [0, 0.05) is 24.9 Å². The maximum atomic E-state index is 12.6. The zero-order chi connectivity index (χ0) is 16.7. The summed E-state index contributed by atoms with van der Waals surface area (Å²) in [6.45, 7) is 4.61. The Morgan fingerprint density at radius 2 is 1.92 bits per heavy atom. The smallest absolute Gasteiger partial charge is 0.391 e. The van der Waals surface area contributed by atoms with Gasteiger partial charge in [0.05, 0.1) is 5.56 Å². The highest BCUT2D eigenvalue weighted by atomic mass is 79.9. The largest absolute Gasteiger partial charge is 0.416 e. The van der Waals surface area contributed by atoms with Gasteiger partial charge in [0.25, 0.3) is 0 Å². The minimum Gasteiger partial charge on any atom is -0.391 e. The van der Waals surface area contributed by atoms with Crippen molar-refractivity contribution < 1.29 is 18.0 Å². The molecule has 1 saturated heterocycles. The normalized spacial score (nSPS) is 26.4. The summed E-state index contributed by atoms with van der Waals surface area (Å²) in [6.07, 6.45) is -2.44. The van der Waals surface area contributed by atoms with Crippen molar-refractivity contribution in [3.63, 3.8) is 0 Å². The maximum absolute atomic E-state index is 12.6. The van der Waals surface area contributed by atoms with Crippen LogP contribution in [0.2, 0.25) is 0 Å². The monoisotopic (exact) mass is 458 g/mol. The zero-order valence-corrected chi connectivity index (χ0v) is 17.3. The van der Waals surface area contributed by atoms with Gasteiger partial charge in [0.1, 0.15) is 10.7 Å². The summed E-state index contributed by atoms with van der Waals surface area (Å²) in [5, 5.41) is 3.96. The van der Waals surface area contributed by atoms with Crippen LogP contribution in [0.1, 0.15) is 30.9 Å². The van der Waals surface area contributed by atoms with Gasteiger partial charge in [-0.05, 0) is 46.6 Å². The molecule has 0 saturated carbocycles. The predicted octanol–water partition coefficient (Wildman–Crippen LogP) is 4.64. The highest BCUT2D eigenvalue weighted by Crippen LogP contribution is 2.40. The van der Waals surface area contributed by atoms with Crippen LogP contribution in [0.5, 0.6) is 0 Å². The van der Waals surface area contributed by atoms with Crippen LogP contribution in [-0.2, 0) is 17.6 Å². The first kappa shape index (κ1) is 22.7. The van der Waals surface area contributed by atoms with Gasteiger partial charge in [-0.15, -0.1) is 0 Å². The van der Waals surface area contributed by atoms with Gasteiger partial charge in [0.2, 0.25) is 0 Å². The molecule has 0 aliphatic carbocycles. The van der Waals surface area contributed by atoms with Crippen LogP contribution < -0.4 is 0 Å². The van der Waals surface area contributed by atoms with Crippen LogP contribution in [0.25, 0.3) is 0 Å². The molecular formula is C16H22BrF3N2OS2. The van der Waals surface area contributed by atoms with Gasteiger partial charge in [-0.25, -0.2) is 0 Å². The van der Waals surface area contributed by atoms with E-state index in [-0.39, 0.29) is 38.5 Å². The topological polar surface area (TPSA) is 24.8 Å². The van der Waals surface area contributed by atoms with E-state index in [1.807, 2.05) is 0 Å². The van der Waals surface area contributed by atoms with Gasteiger partial charge in [-0.3, -0.25) is 4.90 Å². The van der Waals surface area contributed by atoms with Crippen LogP contribution in [0, 0.1) is 5.41 Å². The number of hydrogen-bond acceptors (Lipinski definition) is 3. The molecule has 1 aromatic rings. The molecule has 25 heavy (non-hydrogen) atoms. The third kappa shape index (κ3) is 5.30. The molecule has 2 aliphatic rings. The Morgan fingerprint density at radius 1 is 1.28 bits per heavy atom. The average molecular weight is 459 g/mol. The van der Waals surface area contributed by atoms with Crippen LogP contribution in [0.15, 0.2) is 29.4 Å². The van der Waals surface area contributed by atoms with Crippen molar-refractivity contribution in [1.29, 1.82) is 0 Å². The maximum Gasteiger partial charge on any atom is 0.416 e. The Hall–Kier alpha value is -0.380. The van der Waals surface area contributed by atoms with Crippen molar-refractivity contribution in [1.82, 2.24) is 4.90 Å². The molecule has 2 atom stereocenters. The van der Waals surface area contributed by atoms with Gasteiger partial charge in [-0.1, -0.05) is 24.2 Å². The lowest BCUT2D eigenvalue weighted by atomic mass is 9.82. The summed E-state index contributed by atoms with van der Waals surface area (Å²) in [5.74, 6) is 0. The number of oxime groups is 1. The molecule has 0 spiro atoms. The number of nitrogens with zero attached hydrogens (tertiary/aromatic N) is 2. The second kappa shape index (κ2) is 8.54. The number of hydrogen-bond donors (Lipinski definition) is 0. The molecule has 0 amide bonds. The van der Waals surface area contributed by atoms with Crippen molar-refractivity contribution >= 4 is 47.5 Å². The molecule has 0 N–H and O–H groups in total. The lowest BCUT2D eigenvalue weighted by Crippen LogP contribution is -2.35. The van der Waals surface area contributed by atoms with E-state index in [1.165, 1.54) is 0 Å². The third-order valence-corrected chi connectivity index (χ3v) is 5.15. The highest BCUT2D eigenvalue weighted by Gasteiger charge is 2.44. The Kier molecular flexibility index (Phi) is 7.74. The van der Waals surface area contributed by atoms with Crippen molar-refractivity contribution in [3.8, 4) is 0 Å². The van der Waals surface area contributed by atoms with E-state index in [4.69, 9.17) is 4.84 Å². The molecular weight excluding hydrogens is 437 g/mol. The summed E-state index contributed by atoms with van der Waals surface area (Å²) in [5.41, 5.74) is 0.311. The minimum absolute atomic E-state index is 0. The lowest BCUT2D eigenvalue weighted by molar-refractivity contribution is -0.137. The molecule has 0 radical (unpaired) electrons. The fraction of sp³-hybridized carbons (Fsp3) is 0.562. The number of likely N-dealkylation sites (tertiary alicyclic amines) is 1. The Morgan fingerprint density at radius 3 is 2.44 bits per heavy atom. The number of alkyl halides is 3. The quantitative estimate of drug-likeness (QED) is 0.658. The van der Waals surface area contributed by atoms with Crippen molar-refractivity contribution in [2.24, 2.45) is 10.6 Å². The predicted molar refractivity (Wildman–Crippen MR) is 106 cm³/mol. The SMILES string of the molecule is C[C@@]1([C@H]2CC(Br)=NO2)CCN(Cc2ccc(C(F)(F)F)cc2)C1.S.S. The Labute approximate surface area is 168 Å². The van der Waals surface area contributed by atoms with Crippen LogP contribution in [0.3, 0.4) is 0 Å². The van der Waals surface area contributed by atoms with Crippen molar-refractivity contribution in [3.05, 3.63) is 35.4 Å². The first-order chi connectivity index (χ1) is 10.8. The summed E-state index contributed by atoms with van der Waals surface area (Å²) in [4.78, 5) is 7.76. The summed E-state index contributed by atoms with van der Waals surface area (Å²) >= 11 is 3.36. The Bertz CT molecular complexity index is 612. The first-order valence-electron chi connectivity index (χ1n) is 7.53. The highest BCUT2D eigenvalue weighted by molar-refractivity contribution is 9.18. The molecule has 9 heteroatoms. The molecule has 1 fully saturated rings. The van der Waals surface area contributed by atoms with E-state index in [0.29, 0.717) is 6.54 Å². The standard InChI is InChI=1S/C16H18BrF3N2O.2H2S/c1-15(13-8-14(17)21-23-13)6-7-22(10-15)9-11-2-4-12(5-3-11)16(18,19)20;;/h2-5,13H,6-10H2,1H3;2*1H2/t13-,15-;;/m1../s1. The van der Waals surface area contributed by atoms with Gasteiger partial charge < -0.3 is 4.84 Å². The third-order valence-electron chi connectivity index (χ3n) is 4.68. The van der Waals surface area contributed by atoms with E-state index in [0.717, 1.165) is 48.2 Å². The van der Waals surface area contributed by atoms with Crippen molar-refractivity contribution in [2.75, 3.05) is 13.1 Å². The molecule has 1 aromatic carbocycles. The fourth-order valence-electron chi connectivity index (χ4n) is 3.26. The van der Waals surface area contributed by atoms with Crippen LogP contribution in [0.4, 0.5) is 13.2 Å². The number of rotatable bonds is 3. The number of benzene rings is 1. The second-order valence-corrected chi connectivity index (χ2v) is 7.49. The minimum atomic E-state index is -4.28. The molecule has 142 valence electrons. The first-order valence-corrected chi connectivity index (χ1v) is 8.32. The lowest BCUT2D eigenvalue weighted by Gasteiger charge is -2.29. The molecule has 3 nitrogen and oxygen atoms in total. The summed E-state index contributed by atoms with van der Waals surface area (Å²) < 4.78 is 38.6. The van der Waals surface area contributed by atoms with E-state index in [9.17, 15) is 13.2 Å². The molecule has 0 aromatic heterocycles. The summed E-state index contributed by atoms with van der Waals surface area (Å²) in [6, 6.07) is 5.42. The van der Waals surface area contributed by atoms with Gasteiger partial charge >= 0.3 is 6.18 Å². The molecule has 3 rings (SSSR count). The molecule has 2 heterocycles. The second-order valence-electron chi connectivity index (χ2n) is 6.58. The van der Waals surface area contributed by atoms with E-state index < -0.39 is 11.7 Å². The number of halogens is 4. The summed E-state index contributed by atoms with van der Waals surface area (Å²) in [7, 11) is 0. The van der Waals surface area contributed by atoms with Gasteiger partial charge in [-0.2, -0.15) is 40.2 Å². The molecule has 2 aliphatic heterocycles. The Balaban J connectivity index is 0.00000156. The average Bonchev–Trinajstić information content (AvgIpc) is 3.06. The molecule has 0 bridgehead atoms. The van der Waals surface area contributed by atoms with Crippen molar-refractivity contribution in [2.45, 2.75) is 38.6 Å². The van der Waals surface area contributed by atoms with E-state index in [1.54, 1.807) is 12.1 Å². The van der Waals surface area contributed by atoms with E-state index in [2.05, 4.69) is 32.9 Å². The molecule has 0 unspecified atom stereocenters. The fourth-order valence-corrected chi connectivity index (χ4v) is 3.64. The van der Waals surface area contributed by atoms with Gasteiger partial charge in [0.15, 0.2) is 0 Å². The van der Waals surface area contributed by atoms with Crippen LogP contribution in [-0.4, -0.2) is 28.7 Å². The van der Waals surface area contributed by atoms with E-state index >= 15 is 0 Å².